The number of furan rings is 1. The number of nitrogens with one attached hydrogen (secondary N) is 1. The fraction of sp³-hybridized carbons (Fsp3) is 0.0500. The predicted octanol–water partition coefficient (Wildman–Crippen LogP) is 3.82. The Morgan fingerprint density at radius 3 is 2.76 bits per heavy atom. The van der Waals surface area contributed by atoms with Crippen LogP contribution in [-0.4, -0.2) is 15.9 Å². The first-order valence-electron chi connectivity index (χ1n) is 7.92. The van der Waals surface area contributed by atoms with Crippen LogP contribution >= 0.6 is 0 Å². The maximum atomic E-state index is 12.4. The Balaban J connectivity index is 1.54. The van der Waals surface area contributed by atoms with Crippen molar-refractivity contribution in [2.75, 3.05) is 0 Å². The van der Waals surface area contributed by atoms with Crippen LogP contribution in [0.4, 0.5) is 0 Å². The number of amides is 1. The summed E-state index contributed by atoms with van der Waals surface area (Å²) in [5.41, 5.74) is 3.33. The molecule has 0 saturated carbocycles. The van der Waals surface area contributed by atoms with E-state index < -0.39 is 0 Å². The number of benzene rings is 1. The molecular weight excluding hydrogens is 314 g/mol. The van der Waals surface area contributed by atoms with E-state index in [0.29, 0.717) is 17.9 Å². The van der Waals surface area contributed by atoms with Gasteiger partial charge in [0.1, 0.15) is 5.58 Å². The van der Waals surface area contributed by atoms with Gasteiger partial charge in [-0.1, -0.05) is 24.3 Å². The average Bonchev–Trinajstić information content (AvgIpc) is 3.11. The Hall–Kier alpha value is -3.47. The third-order valence-electron chi connectivity index (χ3n) is 3.91. The first-order valence-corrected chi connectivity index (χ1v) is 7.92. The van der Waals surface area contributed by atoms with Crippen molar-refractivity contribution in [1.29, 1.82) is 0 Å². The van der Waals surface area contributed by atoms with Crippen molar-refractivity contribution in [3.05, 3.63) is 84.5 Å². The highest BCUT2D eigenvalue weighted by molar-refractivity contribution is 5.96. The zero-order valence-corrected chi connectivity index (χ0v) is 13.3. The summed E-state index contributed by atoms with van der Waals surface area (Å²) in [6.45, 7) is 0.355. The van der Waals surface area contributed by atoms with Crippen LogP contribution in [0, 0.1) is 0 Å². The number of hydrogen-bond donors (Lipinski definition) is 1. The van der Waals surface area contributed by atoms with Gasteiger partial charge in [-0.2, -0.15) is 0 Å². The van der Waals surface area contributed by atoms with Crippen LogP contribution in [-0.2, 0) is 6.54 Å². The van der Waals surface area contributed by atoms with E-state index >= 15 is 0 Å². The number of aromatic nitrogens is 2. The lowest BCUT2D eigenvalue weighted by Crippen LogP contribution is -2.22. The quantitative estimate of drug-likeness (QED) is 0.618. The molecule has 5 heteroatoms. The third kappa shape index (κ3) is 3.12. The number of carbonyl (C=O) groups is 1. The molecule has 4 aromatic rings. The number of pyridine rings is 2. The molecule has 0 fully saturated rings. The average molecular weight is 329 g/mol. The third-order valence-corrected chi connectivity index (χ3v) is 3.91. The fourth-order valence-electron chi connectivity index (χ4n) is 2.70. The van der Waals surface area contributed by atoms with Crippen LogP contribution in [0.2, 0.25) is 0 Å². The minimum Gasteiger partial charge on any atom is -0.451 e. The summed E-state index contributed by atoms with van der Waals surface area (Å²) < 4.78 is 5.60. The molecule has 0 radical (unpaired) electrons. The Morgan fingerprint density at radius 2 is 1.92 bits per heavy atom. The van der Waals surface area contributed by atoms with Crippen molar-refractivity contribution < 1.29 is 9.21 Å². The van der Waals surface area contributed by atoms with E-state index in [-0.39, 0.29) is 5.91 Å². The highest BCUT2D eigenvalue weighted by Crippen LogP contribution is 2.21. The van der Waals surface area contributed by atoms with Gasteiger partial charge in [-0.05, 0) is 35.9 Å². The van der Waals surface area contributed by atoms with E-state index in [9.17, 15) is 4.79 Å². The summed E-state index contributed by atoms with van der Waals surface area (Å²) in [6.07, 6.45) is 5.20. The molecular formula is C20H15N3O2. The Kier molecular flexibility index (Phi) is 3.96. The van der Waals surface area contributed by atoms with Gasteiger partial charge in [0.25, 0.3) is 5.91 Å². The minimum atomic E-state index is -0.253. The van der Waals surface area contributed by atoms with Crippen molar-refractivity contribution in [2.45, 2.75) is 6.54 Å². The molecule has 1 aromatic carbocycles. The standard InChI is InChI=1S/C20H15N3O2/c24-20(18-11-14-5-1-2-8-17(14)25-18)23-13-16-7-4-10-22-19(16)15-6-3-9-21-12-15/h1-12H,13H2,(H,23,24). The van der Waals surface area contributed by atoms with Crippen LogP contribution < -0.4 is 5.32 Å². The second kappa shape index (κ2) is 6.57. The summed E-state index contributed by atoms with van der Waals surface area (Å²) in [4.78, 5) is 20.9. The topological polar surface area (TPSA) is 68.0 Å². The summed E-state index contributed by atoms with van der Waals surface area (Å²) in [5.74, 6) is 0.0465. The molecule has 25 heavy (non-hydrogen) atoms. The molecule has 0 atom stereocenters. The second-order valence-electron chi connectivity index (χ2n) is 5.58. The van der Waals surface area contributed by atoms with E-state index in [2.05, 4.69) is 15.3 Å². The first-order chi connectivity index (χ1) is 12.3. The molecule has 122 valence electrons. The van der Waals surface area contributed by atoms with Gasteiger partial charge in [-0.15, -0.1) is 0 Å². The normalized spacial score (nSPS) is 10.7. The number of carbonyl (C=O) groups excluding carboxylic acids is 1. The molecule has 0 unspecified atom stereocenters. The molecule has 3 heterocycles. The molecule has 5 nitrogen and oxygen atoms in total. The molecule has 3 aromatic heterocycles. The van der Waals surface area contributed by atoms with E-state index in [1.54, 1.807) is 24.7 Å². The Bertz CT molecular complexity index is 992. The van der Waals surface area contributed by atoms with Gasteiger partial charge in [-0.25, -0.2) is 0 Å². The maximum absolute atomic E-state index is 12.4. The molecule has 1 amide bonds. The number of fused-ring (bicyclic) bond motifs is 1. The summed E-state index contributed by atoms with van der Waals surface area (Å²) in [5, 5.41) is 3.80. The molecule has 1 N–H and O–H groups in total. The lowest BCUT2D eigenvalue weighted by Gasteiger charge is -2.09. The van der Waals surface area contributed by atoms with Crippen LogP contribution in [0.5, 0.6) is 0 Å². The Morgan fingerprint density at radius 1 is 1.04 bits per heavy atom. The van der Waals surface area contributed by atoms with Gasteiger partial charge < -0.3 is 9.73 Å². The lowest BCUT2D eigenvalue weighted by molar-refractivity contribution is 0.0925. The zero-order valence-electron chi connectivity index (χ0n) is 13.3. The van der Waals surface area contributed by atoms with Crippen LogP contribution in [0.3, 0.4) is 0 Å². The number of hydrogen-bond acceptors (Lipinski definition) is 4. The Labute approximate surface area is 144 Å². The SMILES string of the molecule is O=C(NCc1cccnc1-c1cccnc1)c1cc2ccccc2o1. The maximum Gasteiger partial charge on any atom is 0.287 e. The van der Waals surface area contributed by atoms with Gasteiger partial charge in [0, 0.05) is 36.1 Å². The van der Waals surface area contributed by atoms with Crippen molar-refractivity contribution in [3.8, 4) is 11.3 Å². The summed E-state index contributed by atoms with van der Waals surface area (Å²) >= 11 is 0. The highest BCUT2D eigenvalue weighted by Gasteiger charge is 2.13. The van der Waals surface area contributed by atoms with E-state index in [1.807, 2.05) is 48.5 Å². The first kappa shape index (κ1) is 15.1. The van der Waals surface area contributed by atoms with Crippen LogP contribution in [0.25, 0.3) is 22.2 Å². The van der Waals surface area contributed by atoms with Gasteiger partial charge in [-0.3, -0.25) is 14.8 Å². The van der Waals surface area contributed by atoms with Gasteiger partial charge in [0.2, 0.25) is 0 Å². The molecule has 0 bridgehead atoms. The predicted molar refractivity (Wildman–Crippen MR) is 94.9 cm³/mol. The zero-order chi connectivity index (χ0) is 17.1. The molecule has 0 spiro atoms. The lowest BCUT2D eigenvalue weighted by atomic mass is 10.1. The van der Waals surface area contributed by atoms with Crippen LogP contribution in [0.15, 0.2) is 77.6 Å². The molecule has 0 aliphatic heterocycles. The summed E-state index contributed by atoms with van der Waals surface area (Å²) in [6, 6.07) is 16.9. The van der Waals surface area contributed by atoms with Crippen molar-refractivity contribution in [3.63, 3.8) is 0 Å². The number of nitrogens with zero attached hydrogens (tertiary/aromatic N) is 2. The second-order valence-corrected chi connectivity index (χ2v) is 5.58. The minimum absolute atomic E-state index is 0.253. The fourth-order valence-corrected chi connectivity index (χ4v) is 2.70. The highest BCUT2D eigenvalue weighted by atomic mass is 16.3. The van der Waals surface area contributed by atoms with Crippen LogP contribution in [0.1, 0.15) is 16.1 Å². The molecule has 0 aliphatic rings. The van der Waals surface area contributed by atoms with Gasteiger partial charge in [0.05, 0.1) is 5.69 Å². The van der Waals surface area contributed by atoms with E-state index in [0.717, 1.165) is 22.2 Å². The van der Waals surface area contributed by atoms with E-state index in [4.69, 9.17) is 4.42 Å². The molecule has 4 rings (SSSR count). The van der Waals surface area contributed by atoms with Crippen molar-refractivity contribution >= 4 is 16.9 Å². The smallest absolute Gasteiger partial charge is 0.287 e. The van der Waals surface area contributed by atoms with Gasteiger partial charge in [0.15, 0.2) is 5.76 Å². The number of rotatable bonds is 4. The van der Waals surface area contributed by atoms with E-state index in [1.165, 1.54) is 0 Å². The number of para-hydroxylation sites is 1. The summed E-state index contributed by atoms with van der Waals surface area (Å²) in [7, 11) is 0. The van der Waals surface area contributed by atoms with Crippen molar-refractivity contribution in [2.24, 2.45) is 0 Å². The molecule has 0 aliphatic carbocycles. The molecule has 0 saturated heterocycles. The van der Waals surface area contributed by atoms with Gasteiger partial charge >= 0.3 is 0 Å². The largest absolute Gasteiger partial charge is 0.451 e. The van der Waals surface area contributed by atoms with Crippen molar-refractivity contribution in [1.82, 2.24) is 15.3 Å². The monoisotopic (exact) mass is 329 g/mol.